The van der Waals surface area contributed by atoms with Gasteiger partial charge in [0.15, 0.2) is 0 Å². The molecule has 0 unspecified atom stereocenters. The quantitative estimate of drug-likeness (QED) is 0.937. The Morgan fingerprint density at radius 1 is 1.10 bits per heavy atom. The lowest BCUT2D eigenvalue weighted by Crippen LogP contribution is -2.31. The Bertz CT molecular complexity index is 677. The lowest BCUT2D eigenvalue weighted by molar-refractivity contribution is 0.0946. The average molecular weight is 280 g/mol. The Morgan fingerprint density at radius 3 is 2.71 bits per heavy atom. The van der Waals surface area contributed by atoms with E-state index >= 15 is 0 Å². The molecule has 0 spiro atoms. The normalized spacial score (nSPS) is 14.0. The van der Waals surface area contributed by atoms with Gasteiger partial charge in [-0.25, -0.2) is 0 Å². The Labute approximate surface area is 125 Å². The van der Waals surface area contributed by atoms with Crippen LogP contribution in [0.2, 0.25) is 0 Å². The van der Waals surface area contributed by atoms with Crippen molar-refractivity contribution in [3.63, 3.8) is 0 Å². The predicted octanol–water partition coefficient (Wildman–Crippen LogP) is 2.70. The molecule has 1 heterocycles. The van der Waals surface area contributed by atoms with Gasteiger partial charge in [0.1, 0.15) is 0 Å². The molecule has 0 bridgehead atoms. The number of carbonyl (C=O) groups is 1. The van der Waals surface area contributed by atoms with Crippen molar-refractivity contribution in [2.45, 2.75) is 13.0 Å². The second-order valence-corrected chi connectivity index (χ2v) is 5.82. The van der Waals surface area contributed by atoms with E-state index in [-0.39, 0.29) is 5.91 Å². The molecule has 0 saturated heterocycles. The third kappa shape index (κ3) is 2.98. The standard InChI is InChI=1S/C18H20N2O/c1-20(2)12-13-4-3-5-15(10-13)16-7-6-14-8-9-19-18(21)17(14)11-16/h3-7,10-11H,8-9,12H2,1-2H3,(H,19,21). The van der Waals surface area contributed by atoms with Gasteiger partial charge in [-0.05, 0) is 54.9 Å². The van der Waals surface area contributed by atoms with E-state index in [2.05, 4.69) is 60.7 Å². The van der Waals surface area contributed by atoms with Crippen molar-refractivity contribution < 1.29 is 4.79 Å². The van der Waals surface area contributed by atoms with Gasteiger partial charge >= 0.3 is 0 Å². The molecule has 1 amide bonds. The van der Waals surface area contributed by atoms with Crippen LogP contribution in [0, 0.1) is 0 Å². The number of amides is 1. The van der Waals surface area contributed by atoms with Gasteiger partial charge in [0.05, 0.1) is 0 Å². The van der Waals surface area contributed by atoms with E-state index in [1.807, 2.05) is 6.07 Å². The molecular weight excluding hydrogens is 260 g/mol. The Morgan fingerprint density at radius 2 is 1.90 bits per heavy atom. The summed E-state index contributed by atoms with van der Waals surface area (Å²) in [4.78, 5) is 14.1. The summed E-state index contributed by atoms with van der Waals surface area (Å²) in [6, 6.07) is 14.7. The van der Waals surface area contributed by atoms with Gasteiger partial charge in [-0.15, -0.1) is 0 Å². The number of hydrogen-bond donors (Lipinski definition) is 1. The van der Waals surface area contributed by atoms with E-state index < -0.39 is 0 Å². The van der Waals surface area contributed by atoms with E-state index in [4.69, 9.17) is 0 Å². The summed E-state index contributed by atoms with van der Waals surface area (Å²) in [7, 11) is 4.13. The first-order chi connectivity index (χ1) is 10.1. The van der Waals surface area contributed by atoms with E-state index in [0.29, 0.717) is 0 Å². The number of carbonyl (C=O) groups excluding carboxylic acids is 1. The molecule has 1 N–H and O–H groups in total. The van der Waals surface area contributed by atoms with Crippen LogP contribution >= 0.6 is 0 Å². The first kappa shape index (κ1) is 13.8. The van der Waals surface area contributed by atoms with Gasteiger partial charge in [0, 0.05) is 18.7 Å². The van der Waals surface area contributed by atoms with Crippen LogP contribution in [-0.2, 0) is 13.0 Å². The second kappa shape index (κ2) is 5.70. The van der Waals surface area contributed by atoms with Gasteiger partial charge in [-0.1, -0.05) is 30.3 Å². The summed E-state index contributed by atoms with van der Waals surface area (Å²) in [6.45, 7) is 1.66. The number of rotatable bonds is 3. The first-order valence-corrected chi connectivity index (χ1v) is 7.28. The molecule has 0 aliphatic carbocycles. The fourth-order valence-corrected chi connectivity index (χ4v) is 2.81. The molecule has 1 aliphatic heterocycles. The molecule has 3 nitrogen and oxygen atoms in total. The minimum atomic E-state index is 0.0440. The van der Waals surface area contributed by atoms with Crippen LogP contribution in [0.25, 0.3) is 11.1 Å². The summed E-state index contributed by atoms with van der Waals surface area (Å²) in [5, 5.41) is 2.91. The van der Waals surface area contributed by atoms with Crippen molar-refractivity contribution in [2.75, 3.05) is 20.6 Å². The molecule has 2 aromatic carbocycles. The summed E-state index contributed by atoms with van der Waals surface area (Å²) in [5.74, 6) is 0.0440. The van der Waals surface area contributed by atoms with E-state index in [1.165, 1.54) is 5.56 Å². The minimum Gasteiger partial charge on any atom is -0.352 e. The molecule has 0 radical (unpaired) electrons. The fourth-order valence-electron chi connectivity index (χ4n) is 2.81. The van der Waals surface area contributed by atoms with Crippen molar-refractivity contribution >= 4 is 5.91 Å². The number of benzene rings is 2. The van der Waals surface area contributed by atoms with Crippen molar-refractivity contribution in [1.82, 2.24) is 10.2 Å². The summed E-state index contributed by atoms with van der Waals surface area (Å²) < 4.78 is 0. The SMILES string of the molecule is CN(C)Cc1cccc(-c2ccc3c(c2)C(=O)NCC3)c1. The monoisotopic (exact) mass is 280 g/mol. The van der Waals surface area contributed by atoms with Crippen molar-refractivity contribution in [2.24, 2.45) is 0 Å². The van der Waals surface area contributed by atoms with Crippen LogP contribution in [0.15, 0.2) is 42.5 Å². The van der Waals surface area contributed by atoms with E-state index in [9.17, 15) is 4.79 Å². The third-order valence-electron chi connectivity index (χ3n) is 3.79. The van der Waals surface area contributed by atoms with Crippen molar-refractivity contribution in [3.05, 3.63) is 59.2 Å². The number of nitrogens with zero attached hydrogens (tertiary/aromatic N) is 1. The minimum absolute atomic E-state index is 0.0440. The number of fused-ring (bicyclic) bond motifs is 1. The smallest absolute Gasteiger partial charge is 0.251 e. The zero-order valence-corrected chi connectivity index (χ0v) is 12.5. The first-order valence-electron chi connectivity index (χ1n) is 7.28. The zero-order valence-electron chi connectivity index (χ0n) is 12.5. The summed E-state index contributed by atoms with van der Waals surface area (Å²) >= 11 is 0. The molecule has 3 heteroatoms. The highest BCUT2D eigenvalue weighted by Crippen LogP contribution is 2.25. The number of hydrogen-bond acceptors (Lipinski definition) is 2. The third-order valence-corrected chi connectivity index (χ3v) is 3.79. The fraction of sp³-hybridized carbons (Fsp3) is 0.278. The Hall–Kier alpha value is -2.13. The maximum atomic E-state index is 12.0. The lowest BCUT2D eigenvalue weighted by Gasteiger charge is -2.17. The molecule has 21 heavy (non-hydrogen) atoms. The molecule has 2 aromatic rings. The molecule has 0 aromatic heterocycles. The highest BCUT2D eigenvalue weighted by atomic mass is 16.1. The molecular formula is C18H20N2O. The second-order valence-electron chi connectivity index (χ2n) is 5.82. The molecule has 0 saturated carbocycles. The summed E-state index contributed by atoms with van der Waals surface area (Å²) in [6.07, 6.45) is 0.919. The molecule has 3 rings (SSSR count). The van der Waals surface area contributed by atoms with Gasteiger partial charge < -0.3 is 10.2 Å². The average Bonchev–Trinajstić information content (AvgIpc) is 2.47. The maximum absolute atomic E-state index is 12.0. The van der Waals surface area contributed by atoms with Crippen molar-refractivity contribution in [3.8, 4) is 11.1 Å². The highest BCUT2D eigenvalue weighted by molar-refractivity contribution is 5.98. The Balaban J connectivity index is 1.97. The lowest BCUT2D eigenvalue weighted by atomic mass is 9.94. The van der Waals surface area contributed by atoms with E-state index in [0.717, 1.165) is 41.8 Å². The van der Waals surface area contributed by atoms with E-state index in [1.54, 1.807) is 0 Å². The van der Waals surface area contributed by atoms with Crippen LogP contribution in [0.1, 0.15) is 21.5 Å². The van der Waals surface area contributed by atoms with Crippen molar-refractivity contribution in [1.29, 1.82) is 0 Å². The van der Waals surface area contributed by atoms with Crippen LogP contribution < -0.4 is 5.32 Å². The molecule has 1 aliphatic rings. The molecule has 0 atom stereocenters. The molecule has 0 fully saturated rings. The van der Waals surface area contributed by atoms with Gasteiger partial charge in [-0.3, -0.25) is 4.79 Å². The van der Waals surface area contributed by atoms with Crippen LogP contribution in [-0.4, -0.2) is 31.4 Å². The Kier molecular flexibility index (Phi) is 3.76. The number of nitrogens with one attached hydrogen (secondary N) is 1. The van der Waals surface area contributed by atoms with Gasteiger partial charge in [-0.2, -0.15) is 0 Å². The maximum Gasteiger partial charge on any atom is 0.251 e. The van der Waals surface area contributed by atoms with Crippen LogP contribution in [0.5, 0.6) is 0 Å². The topological polar surface area (TPSA) is 32.3 Å². The highest BCUT2D eigenvalue weighted by Gasteiger charge is 2.16. The van der Waals surface area contributed by atoms with Gasteiger partial charge in [0.25, 0.3) is 5.91 Å². The largest absolute Gasteiger partial charge is 0.352 e. The van der Waals surface area contributed by atoms with Gasteiger partial charge in [0.2, 0.25) is 0 Å². The van der Waals surface area contributed by atoms with Crippen LogP contribution in [0.4, 0.5) is 0 Å². The zero-order chi connectivity index (χ0) is 14.8. The molecule has 108 valence electrons. The predicted molar refractivity (Wildman–Crippen MR) is 85.3 cm³/mol. The van der Waals surface area contributed by atoms with Crippen LogP contribution in [0.3, 0.4) is 0 Å². The summed E-state index contributed by atoms with van der Waals surface area (Å²) in [5.41, 5.74) is 5.50.